The van der Waals surface area contributed by atoms with Gasteiger partial charge in [0.25, 0.3) is 10.0 Å². The number of hydrogen-bond acceptors (Lipinski definition) is 4. The van der Waals surface area contributed by atoms with Crippen LogP contribution in [0.4, 0.5) is 0 Å². The Kier molecular flexibility index (Phi) is 4.73. The molecule has 1 saturated heterocycles. The summed E-state index contributed by atoms with van der Waals surface area (Å²) in [5, 5.41) is 0. The molecule has 7 heteroatoms. The first-order valence-electron chi connectivity index (χ1n) is 9.49. The Hall–Kier alpha value is -1.89. The number of fused-ring (bicyclic) bond motifs is 2. The zero-order chi connectivity index (χ0) is 18.1. The molecule has 1 aromatic carbocycles. The van der Waals surface area contributed by atoms with Gasteiger partial charge in [0.05, 0.1) is 11.4 Å². The predicted octanol–water partition coefficient (Wildman–Crippen LogP) is 2.15. The van der Waals surface area contributed by atoms with E-state index < -0.39 is 10.0 Å². The Morgan fingerprint density at radius 3 is 2.77 bits per heavy atom. The van der Waals surface area contributed by atoms with E-state index in [2.05, 4.69) is 9.71 Å². The van der Waals surface area contributed by atoms with Gasteiger partial charge in [-0.2, -0.15) is 0 Å². The van der Waals surface area contributed by atoms with Crippen LogP contribution in [-0.4, -0.2) is 44.7 Å². The second kappa shape index (κ2) is 7.02. The summed E-state index contributed by atoms with van der Waals surface area (Å²) >= 11 is 0. The van der Waals surface area contributed by atoms with E-state index in [1.54, 1.807) is 24.3 Å². The first kappa shape index (κ1) is 17.5. The van der Waals surface area contributed by atoms with Gasteiger partial charge in [0.15, 0.2) is 0 Å². The number of carbonyl (C=O) groups is 1. The maximum absolute atomic E-state index is 12.5. The number of sulfonamides is 1. The number of hydrogen-bond donors (Lipinski definition) is 1. The van der Waals surface area contributed by atoms with Crippen LogP contribution in [0.2, 0.25) is 0 Å². The van der Waals surface area contributed by atoms with Gasteiger partial charge in [-0.3, -0.25) is 14.5 Å². The molecule has 2 heterocycles. The Bertz CT molecular complexity index is 834. The minimum Gasteiger partial charge on any atom is -0.342 e. The van der Waals surface area contributed by atoms with Gasteiger partial charge in [0.2, 0.25) is 5.91 Å². The molecule has 4 rings (SSSR count). The summed E-state index contributed by atoms with van der Waals surface area (Å²) in [5.74, 6) is 1.95. The van der Waals surface area contributed by atoms with Crippen molar-refractivity contribution in [2.45, 2.75) is 43.4 Å². The van der Waals surface area contributed by atoms with Crippen molar-refractivity contribution >= 4 is 21.8 Å². The lowest BCUT2D eigenvalue weighted by Gasteiger charge is -2.41. The number of amides is 1. The molecule has 0 radical (unpaired) electrons. The Morgan fingerprint density at radius 1 is 1.15 bits per heavy atom. The summed E-state index contributed by atoms with van der Waals surface area (Å²) in [5.41, 5.74) is 0.586. The minimum atomic E-state index is -3.52. The van der Waals surface area contributed by atoms with E-state index in [-0.39, 0.29) is 10.8 Å². The van der Waals surface area contributed by atoms with Crippen molar-refractivity contribution in [2.24, 2.45) is 16.8 Å². The number of likely N-dealkylation sites (tertiary alicyclic amines) is 1. The highest BCUT2D eigenvalue weighted by Crippen LogP contribution is 2.36. The molecule has 2 aliphatic heterocycles. The van der Waals surface area contributed by atoms with Crippen molar-refractivity contribution in [3.8, 4) is 0 Å². The van der Waals surface area contributed by atoms with Crippen LogP contribution in [0.3, 0.4) is 0 Å². The van der Waals surface area contributed by atoms with Gasteiger partial charge in [0, 0.05) is 25.1 Å². The number of benzene rings is 1. The largest absolute Gasteiger partial charge is 0.342 e. The van der Waals surface area contributed by atoms with Gasteiger partial charge in [-0.15, -0.1) is 0 Å². The standard InChI is InChI=1S/C19H25N3O3S/c23-18(22-12-10-14-5-1-2-6-15(14)13-22)9-11-20-19-16-7-3-4-8-17(16)26(24,25)21-19/h3-4,7-8,14-15H,1-2,5-6,9-13H2,(H,20,21). The van der Waals surface area contributed by atoms with E-state index in [9.17, 15) is 13.2 Å². The van der Waals surface area contributed by atoms with Crippen molar-refractivity contribution in [1.29, 1.82) is 0 Å². The summed E-state index contributed by atoms with van der Waals surface area (Å²) < 4.78 is 26.6. The highest BCUT2D eigenvalue weighted by Gasteiger charge is 2.33. The number of nitrogens with zero attached hydrogens (tertiary/aromatic N) is 2. The molecule has 6 nitrogen and oxygen atoms in total. The van der Waals surface area contributed by atoms with Crippen LogP contribution < -0.4 is 4.72 Å². The minimum absolute atomic E-state index is 0.132. The zero-order valence-corrected chi connectivity index (χ0v) is 15.7. The van der Waals surface area contributed by atoms with E-state index in [0.29, 0.717) is 30.3 Å². The summed E-state index contributed by atoms with van der Waals surface area (Å²) in [6.07, 6.45) is 6.64. The Morgan fingerprint density at radius 2 is 1.92 bits per heavy atom. The van der Waals surface area contributed by atoms with Crippen molar-refractivity contribution in [1.82, 2.24) is 9.62 Å². The maximum atomic E-state index is 12.5. The molecule has 0 spiro atoms. The zero-order valence-electron chi connectivity index (χ0n) is 14.9. The molecule has 140 valence electrons. The summed E-state index contributed by atoms with van der Waals surface area (Å²) in [6, 6.07) is 6.79. The number of rotatable bonds is 3. The Balaban J connectivity index is 1.36. The number of piperidine rings is 1. The van der Waals surface area contributed by atoms with Crippen LogP contribution in [0.25, 0.3) is 0 Å². The van der Waals surface area contributed by atoms with Crippen molar-refractivity contribution < 1.29 is 13.2 Å². The van der Waals surface area contributed by atoms with Gasteiger partial charge < -0.3 is 4.90 Å². The maximum Gasteiger partial charge on any atom is 0.263 e. The molecule has 1 amide bonds. The third-order valence-electron chi connectivity index (χ3n) is 5.90. The molecule has 1 aromatic rings. The third kappa shape index (κ3) is 3.37. The highest BCUT2D eigenvalue weighted by atomic mass is 32.2. The topological polar surface area (TPSA) is 78.8 Å². The van der Waals surface area contributed by atoms with Crippen molar-refractivity contribution in [3.63, 3.8) is 0 Å². The van der Waals surface area contributed by atoms with E-state index >= 15 is 0 Å². The average Bonchev–Trinajstić information content (AvgIpc) is 2.92. The second-order valence-electron chi connectivity index (χ2n) is 7.52. The molecule has 2 atom stereocenters. The third-order valence-corrected chi connectivity index (χ3v) is 7.30. The SMILES string of the molecule is O=C(CCN=C1NS(=O)(=O)c2ccccc21)N1CCC2CCCCC2C1. The highest BCUT2D eigenvalue weighted by molar-refractivity contribution is 7.90. The first-order chi connectivity index (χ1) is 12.5. The van der Waals surface area contributed by atoms with Gasteiger partial charge in [-0.25, -0.2) is 8.42 Å². The fourth-order valence-corrected chi connectivity index (χ4v) is 5.75. The quantitative estimate of drug-likeness (QED) is 0.879. The van der Waals surface area contributed by atoms with Gasteiger partial charge in [-0.05, 0) is 36.8 Å². The summed E-state index contributed by atoms with van der Waals surface area (Å²) in [7, 11) is -3.52. The molecule has 2 fully saturated rings. The number of aliphatic imine (C=N–C) groups is 1. The molecule has 1 N–H and O–H groups in total. The molecule has 2 unspecified atom stereocenters. The molecule has 0 bridgehead atoms. The second-order valence-corrected chi connectivity index (χ2v) is 9.17. The number of amidine groups is 1. The Labute approximate surface area is 154 Å². The van der Waals surface area contributed by atoms with Gasteiger partial charge in [0.1, 0.15) is 5.84 Å². The molecule has 1 saturated carbocycles. The normalized spacial score (nSPS) is 28.3. The van der Waals surface area contributed by atoms with Crippen LogP contribution in [0.5, 0.6) is 0 Å². The summed E-state index contributed by atoms with van der Waals surface area (Å²) in [4.78, 5) is 19.1. The van der Waals surface area contributed by atoms with Crippen LogP contribution in [0, 0.1) is 11.8 Å². The lowest BCUT2D eigenvalue weighted by atomic mass is 9.75. The fraction of sp³-hybridized carbons (Fsp3) is 0.579. The number of carbonyl (C=O) groups excluding carboxylic acids is 1. The van der Waals surface area contributed by atoms with Crippen molar-refractivity contribution in [3.05, 3.63) is 29.8 Å². The predicted molar refractivity (Wildman–Crippen MR) is 99.4 cm³/mol. The van der Waals surface area contributed by atoms with Crippen LogP contribution >= 0.6 is 0 Å². The van der Waals surface area contributed by atoms with Crippen LogP contribution in [-0.2, 0) is 14.8 Å². The monoisotopic (exact) mass is 375 g/mol. The van der Waals surface area contributed by atoms with E-state index in [4.69, 9.17) is 0 Å². The molecule has 26 heavy (non-hydrogen) atoms. The molecule has 3 aliphatic rings. The number of nitrogens with one attached hydrogen (secondary N) is 1. The molecular weight excluding hydrogens is 350 g/mol. The van der Waals surface area contributed by atoms with Crippen molar-refractivity contribution in [2.75, 3.05) is 19.6 Å². The fourth-order valence-electron chi connectivity index (χ4n) is 4.50. The lowest BCUT2D eigenvalue weighted by Crippen LogP contribution is -2.44. The van der Waals surface area contributed by atoms with E-state index in [1.807, 2.05) is 4.90 Å². The first-order valence-corrected chi connectivity index (χ1v) is 11.0. The lowest BCUT2D eigenvalue weighted by molar-refractivity contribution is -0.134. The summed E-state index contributed by atoms with van der Waals surface area (Å²) in [6.45, 7) is 2.04. The molecular formula is C19H25N3O3S. The van der Waals surface area contributed by atoms with Gasteiger partial charge >= 0.3 is 0 Å². The smallest absolute Gasteiger partial charge is 0.263 e. The van der Waals surface area contributed by atoms with Gasteiger partial charge in [-0.1, -0.05) is 31.4 Å². The molecule has 1 aliphatic carbocycles. The van der Waals surface area contributed by atoms with Crippen LogP contribution in [0.1, 0.15) is 44.1 Å². The molecule has 0 aromatic heterocycles. The average molecular weight is 375 g/mol. The van der Waals surface area contributed by atoms with E-state index in [0.717, 1.165) is 25.4 Å². The van der Waals surface area contributed by atoms with E-state index in [1.165, 1.54) is 25.7 Å². The van der Waals surface area contributed by atoms with Crippen LogP contribution in [0.15, 0.2) is 34.2 Å².